The molecule has 0 aliphatic rings. The standard InChI is InChI=1S/C15H30O/c1-6-14(3,4)11-12-15(5,7-2)10-8-9-13-16/h13H,6-12H2,1-5H3. The summed E-state index contributed by atoms with van der Waals surface area (Å²) in [7, 11) is 0. The largest absolute Gasteiger partial charge is 0.303 e. The van der Waals surface area contributed by atoms with Crippen LogP contribution in [0.1, 0.15) is 79.6 Å². The van der Waals surface area contributed by atoms with Crippen molar-refractivity contribution in [2.75, 3.05) is 0 Å². The molecule has 0 aromatic rings. The van der Waals surface area contributed by atoms with Crippen LogP contribution in [0.5, 0.6) is 0 Å². The summed E-state index contributed by atoms with van der Waals surface area (Å²) in [5.41, 5.74) is 0.913. The highest BCUT2D eigenvalue weighted by Crippen LogP contribution is 2.38. The Bertz CT molecular complexity index is 196. The molecular weight excluding hydrogens is 196 g/mol. The predicted molar refractivity (Wildman–Crippen MR) is 71.6 cm³/mol. The van der Waals surface area contributed by atoms with E-state index in [9.17, 15) is 4.79 Å². The van der Waals surface area contributed by atoms with Gasteiger partial charge in [-0.25, -0.2) is 0 Å². The van der Waals surface area contributed by atoms with E-state index in [-0.39, 0.29) is 0 Å². The molecule has 0 aliphatic heterocycles. The minimum Gasteiger partial charge on any atom is -0.303 e. The fraction of sp³-hybridized carbons (Fsp3) is 0.933. The summed E-state index contributed by atoms with van der Waals surface area (Å²) in [5, 5.41) is 0. The van der Waals surface area contributed by atoms with Crippen molar-refractivity contribution in [2.24, 2.45) is 10.8 Å². The van der Waals surface area contributed by atoms with E-state index in [2.05, 4.69) is 34.6 Å². The Hall–Kier alpha value is -0.330. The zero-order valence-electron chi connectivity index (χ0n) is 11.9. The van der Waals surface area contributed by atoms with E-state index in [4.69, 9.17) is 0 Å². The molecule has 96 valence electrons. The summed E-state index contributed by atoms with van der Waals surface area (Å²) in [6, 6.07) is 0. The Morgan fingerprint density at radius 1 is 0.938 bits per heavy atom. The minimum atomic E-state index is 0.440. The first-order valence-corrected chi connectivity index (χ1v) is 6.83. The fourth-order valence-corrected chi connectivity index (χ4v) is 1.91. The number of rotatable bonds is 9. The van der Waals surface area contributed by atoms with E-state index >= 15 is 0 Å². The molecule has 0 saturated heterocycles. The van der Waals surface area contributed by atoms with Crippen LogP contribution in [0, 0.1) is 10.8 Å². The lowest BCUT2D eigenvalue weighted by Gasteiger charge is -2.33. The molecule has 0 saturated carbocycles. The lowest BCUT2D eigenvalue weighted by Crippen LogP contribution is -2.20. The van der Waals surface area contributed by atoms with Crippen molar-refractivity contribution in [3.63, 3.8) is 0 Å². The van der Waals surface area contributed by atoms with Gasteiger partial charge >= 0.3 is 0 Å². The highest BCUT2D eigenvalue weighted by Gasteiger charge is 2.25. The molecule has 1 atom stereocenters. The maximum Gasteiger partial charge on any atom is 0.119 e. The Morgan fingerprint density at radius 2 is 1.56 bits per heavy atom. The fourth-order valence-electron chi connectivity index (χ4n) is 1.91. The van der Waals surface area contributed by atoms with Crippen molar-refractivity contribution >= 4 is 6.29 Å². The first-order chi connectivity index (χ1) is 7.39. The Balaban J connectivity index is 4.10. The predicted octanol–water partition coefficient (Wildman–Crippen LogP) is 4.99. The van der Waals surface area contributed by atoms with E-state index in [1.807, 2.05) is 0 Å². The summed E-state index contributed by atoms with van der Waals surface area (Å²) < 4.78 is 0. The first-order valence-electron chi connectivity index (χ1n) is 6.83. The van der Waals surface area contributed by atoms with Crippen molar-refractivity contribution in [1.29, 1.82) is 0 Å². The van der Waals surface area contributed by atoms with Crippen LogP contribution in [0.25, 0.3) is 0 Å². The summed E-state index contributed by atoms with van der Waals surface area (Å²) in [5.74, 6) is 0. The van der Waals surface area contributed by atoms with Crippen molar-refractivity contribution in [3.8, 4) is 0 Å². The molecule has 0 aromatic heterocycles. The van der Waals surface area contributed by atoms with Gasteiger partial charge in [0.2, 0.25) is 0 Å². The second-order valence-corrected chi connectivity index (χ2v) is 6.24. The monoisotopic (exact) mass is 226 g/mol. The molecule has 0 bridgehead atoms. The average Bonchev–Trinajstić information content (AvgIpc) is 2.27. The third kappa shape index (κ3) is 6.30. The van der Waals surface area contributed by atoms with Crippen molar-refractivity contribution < 1.29 is 4.79 Å². The van der Waals surface area contributed by atoms with Gasteiger partial charge in [-0.3, -0.25) is 0 Å². The third-order valence-corrected chi connectivity index (χ3v) is 4.32. The van der Waals surface area contributed by atoms with Gasteiger partial charge in [0.1, 0.15) is 6.29 Å². The molecule has 0 rings (SSSR count). The second-order valence-electron chi connectivity index (χ2n) is 6.24. The Labute approximate surface area is 102 Å². The molecule has 1 nitrogen and oxygen atoms in total. The summed E-state index contributed by atoms with van der Waals surface area (Å²) >= 11 is 0. The van der Waals surface area contributed by atoms with Crippen LogP contribution in [0.3, 0.4) is 0 Å². The van der Waals surface area contributed by atoms with Crippen LogP contribution in [0.15, 0.2) is 0 Å². The zero-order valence-corrected chi connectivity index (χ0v) is 11.9. The van der Waals surface area contributed by atoms with Gasteiger partial charge in [0.15, 0.2) is 0 Å². The van der Waals surface area contributed by atoms with Gasteiger partial charge in [0, 0.05) is 6.42 Å². The van der Waals surface area contributed by atoms with Crippen molar-refractivity contribution in [2.45, 2.75) is 79.6 Å². The number of aldehydes is 1. The molecule has 0 aromatic carbocycles. The molecule has 0 radical (unpaired) electrons. The summed E-state index contributed by atoms with van der Waals surface area (Å²) in [4.78, 5) is 10.3. The minimum absolute atomic E-state index is 0.440. The average molecular weight is 226 g/mol. The molecule has 0 aliphatic carbocycles. The van der Waals surface area contributed by atoms with E-state index in [0.717, 1.165) is 19.1 Å². The summed E-state index contributed by atoms with van der Waals surface area (Å²) in [6.45, 7) is 11.6. The van der Waals surface area contributed by atoms with E-state index in [1.54, 1.807) is 0 Å². The van der Waals surface area contributed by atoms with Gasteiger partial charge in [-0.2, -0.15) is 0 Å². The molecule has 0 spiro atoms. The number of unbranched alkanes of at least 4 members (excludes halogenated alkanes) is 1. The molecule has 0 fully saturated rings. The van der Waals surface area contributed by atoms with E-state index in [0.29, 0.717) is 10.8 Å². The van der Waals surface area contributed by atoms with Crippen LogP contribution >= 0.6 is 0 Å². The van der Waals surface area contributed by atoms with E-state index < -0.39 is 0 Å². The third-order valence-electron chi connectivity index (χ3n) is 4.32. The number of hydrogen-bond acceptors (Lipinski definition) is 1. The number of carbonyl (C=O) groups excluding carboxylic acids is 1. The second kappa shape index (κ2) is 7.09. The Morgan fingerprint density at radius 3 is 2.00 bits per heavy atom. The molecule has 0 amide bonds. The first kappa shape index (κ1) is 15.7. The highest BCUT2D eigenvalue weighted by molar-refractivity contribution is 5.48. The van der Waals surface area contributed by atoms with Crippen molar-refractivity contribution in [1.82, 2.24) is 0 Å². The smallest absolute Gasteiger partial charge is 0.119 e. The van der Waals surface area contributed by atoms with Gasteiger partial charge < -0.3 is 4.79 Å². The highest BCUT2D eigenvalue weighted by atomic mass is 16.1. The molecule has 1 heteroatoms. The molecule has 0 heterocycles. The van der Waals surface area contributed by atoms with Crippen LogP contribution in [0.2, 0.25) is 0 Å². The van der Waals surface area contributed by atoms with Gasteiger partial charge in [0.25, 0.3) is 0 Å². The van der Waals surface area contributed by atoms with Crippen LogP contribution in [0.4, 0.5) is 0 Å². The van der Waals surface area contributed by atoms with Gasteiger partial charge in [-0.05, 0) is 36.5 Å². The van der Waals surface area contributed by atoms with Crippen molar-refractivity contribution in [3.05, 3.63) is 0 Å². The quantitative estimate of drug-likeness (QED) is 0.400. The normalized spacial score (nSPS) is 15.8. The zero-order chi connectivity index (χ0) is 12.7. The maximum atomic E-state index is 10.3. The lowest BCUT2D eigenvalue weighted by atomic mass is 9.73. The Kier molecular flexibility index (Phi) is 6.94. The van der Waals surface area contributed by atoms with Gasteiger partial charge in [0.05, 0.1) is 0 Å². The van der Waals surface area contributed by atoms with E-state index in [1.165, 1.54) is 32.1 Å². The van der Waals surface area contributed by atoms with Gasteiger partial charge in [-0.1, -0.05) is 47.5 Å². The lowest BCUT2D eigenvalue weighted by molar-refractivity contribution is -0.108. The van der Waals surface area contributed by atoms with Gasteiger partial charge in [-0.15, -0.1) is 0 Å². The van der Waals surface area contributed by atoms with Crippen LogP contribution < -0.4 is 0 Å². The molecule has 0 N–H and O–H groups in total. The maximum absolute atomic E-state index is 10.3. The SMILES string of the molecule is CCC(C)(C)CCC(C)(CC)CCCC=O. The van der Waals surface area contributed by atoms with Crippen LogP contribution in [-0.2, 0) is 4.79 Å². The van der Waals surface area contributed by atoms with Crippen LogP contribution in [-0.4, -0.2) is 6.29 Å². The topological polar surface area (TPSA) is 17.1 Å². The number of carbonyl (C=O) groups is 1. The summed E-state index contributed by atoms with van der Waals surface area (Å²) in [6.07, 6.45) is 9.10. The number of hydrogen-bond donors (Lipinski definition) is 0. The molecule has 1 unspecified atom stereocenters. The molecule has 16 heavy (non-hydrogen) atoms. The molecular formula is C15H30O.